The van der Waals surface area contributed by atoms with Crippen molar-refractivity contribution >= 4 is 11.3 Å². The maximum absolute atomic E-state index is 2.17. The second-order valence-electron chi connectivity index (χ2n) is 3.09. The Morgan fingerprint density at radius 3 is 2.00 bits per heavy atom. The van der Waals surface area contributed by atoms with Gasteiger partial charge in [-0.2, -0.15) is 0 Å². The van der Waals surface area contributed by atoms with Crippen molar-refractivity contribution in [3.63, 3.8) is 0 Å². The molecule has 1 aromatic carbocycles. The number of thiophene rings is 1. The highest BCUT2D eigenvalue weighted by Crippen LogP contribution is 2.07. The number of benzene rings is 1. The molecule has 0 amide bonds. The Labute approximate surface area is 90.2 Å². The lowest BCUT2D eigenvalue weighted by molar-refractivity contribution is 1.19. The number of aryl methyl sites for hydroxylation is 2. The van der Waals surface area contributed by atoms with E-state index in [-0.39, 0.29) is 0 Å². The molecule has 0 unspecified atom stereocenters. The van der Waals surface area contributed by atoms with Gasteiger partial charge in [0.05, 0.1) is 0 Å². The summed E-state index contributed by atoms with van der Waals surface area (Å²) in [5.74, 6) is 0. The largest absolute Gasteiger partial charge is 0.149 e. The van der Waals surface area contributed by atoms with Crippen molar-refractivity contribution in [2.45, 2.75) is 20.3 Å². The average molecular weight is 204 g/mol. The van der Waals surface area contributed by atoms with Crippen LogP contribution in [0.3, 0.4) is 0 Å². The molecular weight excluding hydrogens is 188 g/mol. The summed E-state index contributed by atoms with van der Waals surface area (Å²) in [6, 6.07) is 14.5. The van der Waals surface area contributed by atoms with Crippen LogP contribution in [-0.4, -0.2) is 0 Å². The molecule has 0 saturated heterocycles. The van der Waals surface area contributed by atoms with Gasteiger partial charge in [0.2, 0.25) is 0 Å². The monoisotopic (exact) mass is 204 g/mol. The van der Waals surface area contributed by atoms with E-state index in [4.69, 9.17) is 0 Å². The van der Waals surface area contributed by atoms with E-state index < -0.39 is 0 Å². The van der Waals surface area contributed by atoms with Gasteiger partial charge in [-0.15, -0.1) is 11.3 Å². The van der Waals surface area contributed by atoms with E-state index in [9.17, 15) is 0 Å². The molecule has 14 heavy (non-hydrogen) atoms. The van der Waals surface area contributed by atoms with Crippen LogP contribution in [-0.2, 0) is 6.42 Å². The number of hydrogen-bond acceptors (Lipinski definition) is 1. The van der Waals surface area contributed by atoms with Crippen LogP contribution in [0.2, 0.25) is 0 Å². The summed E-state index contributed by atoms with van der Waals surface area (Å²) in [7, 11) is 0. The molecule has 0 fully saturated rings. The Morgan fingerprint density at radius 2 is 1.71 bits per heavy atom. The van der Waals surface area contributed by atoms with Gasteiger partial charge in [-0.1, -0.05) is 48.9 Å². The van der Waals surface area contributed by atoms with Crippen LogP contribution in [0, 0.1) is 6.92 Å². The zero-order valence-corrected chi connectivity index (χ0v) is 9.55. The molecule has 0 spiro atoms. The summed E-state index contributed by atoms with van der Waals surface area (Å²) >= 11 is 1.82. The zero-order chi connectivity index (χ0) is 10.2. The van der Waals surface area contributed by atoms with Crippen molar-refractivity contribution in [1.82, 2.24) is 0 Å². The fraction of sp³-hybridized carbons (Fsp3) is 0.231. The normalized spacial score (nSPS) is 9.00. The SMILES string of the molecule is CCc1cccs1.Cc1ccccc1. The third-order valence-electron chi connectivity index (χ3n) is 1.87. The highest BCUT2D eigenvalue weighted by Gasteiger charge is 1.82. The van der Waals surface area contributed by atoms with Crippen molar-refractivity contribution < 1.29 is 0 Å². The molecule has 0 bridgehead atoms. The van der Waals surface area contributed by atoms with Gasteiger partial charge in [-0.05, 0) is 24.8 Å². The molecule has 0 aliphatic heterocycles. The number of hydrogen-bond donors (Lipinski definition) is 0. The van der Waals surface area contributed by atoms with Crippen molar-refractivity contribution in [1.29, 1.82) is 0 Å². The second-order valence-corrected chi connectivity index (χ2v) is 4.12. The van der Waals surface area contributed by atoms with Crippen LogP contribution in [0.25, 0.3) is 0 Å². The lowest BCUT2D eigenvalue weighted by Gasteiger charge is -1.82. The van der Waals surface area contributed by atoms with E-state index in [2.05, 4.69) is 43.5 Å². The topological polar surface area (TPSA) is 0 Å². The Hall–Kier alpha value is -1.08. The van der Waals surface area contributed by atoms with E-state index in [1.807, 2.05) is 29.5 Å². The summed E-state index contributed by atoms with van der Waals surface area (Å²) < 4.78 is 0. The predicted octanol–water partition coefficient (Wildman–Crippen LogP) is 4.31. The molecule has 0 radical (unpaired) electrons. The van der Waals surface area contributed by atoms with Crippen molar-refractivity contribution in [2.75, 3.05) is 0 Å². The van der Waals surface area contributed by atoms with E-state index in [0.717, 1.165) is 0 Å². The Morgan fingerprint density at radius 1 is 1.00 bits per heavy atom. The minimum absolute atomic E-state index is 1.18. The smallest absolute Gasteiger partial charge is 0.00424 e. The molecule has 74 valence electrons. The maximum atomic E-state index is 2.17. The van der Waals surface area contributed by atoms with Crippen LogP contribution in [0.4, 0.5) is 0 Å². The van der Waals surface area contributed by atoms with Gasteiger partial charge in [-0.25, -0.2) is 0 Å². The van der Waals surface area contributed by atoms with Gasteiger partial charge in [0.25, 0.3) is 0 Å². The molecule has 0 atom stereocenters. The van der Waals surface area contributed by atoms with Crippen LogP contribution in [0.15, 0.2) is 47.8 Å². The molecule has 2 rings (SSSR count). The van der Waals surface area contributed by atoms with Crippen molar-refractivity contribution in [2.24, 2.45) is 0 Å². The third kappa shape index (κ3) is 4.24. The van der Waals surface area contributed by atoms with E-state index in [0.29, 0.717) is 0 Å². The Kier molecular flexibility index (Phi) is 5.02. The van der Waals surface area contributed by atoms with Crippen molar-refractivity contribution in [3.05, 3.63) is 58.3 Å². The molecule has 1 heteroatoms. The van der Waals surface area contributed by atoms with Crippen LogP contribution in [0.5, 0.6) is 0 Å². The Balaban J connectivity index is 0.000000140. The van der Waals surface area contributed by atoms with Gasteiger partial charge in [0.1, 0.15) is 0 Å². The number of rotatable bonds is 1. The molecule has 0 aliphatic rings. The molecule has 0 aliphatic carbocycles. The van der Waals surface area contributed by atoms with E-state index >= 15 is 0 Å². The molecule has 0 nitrogen and oxygen atoms in total. The third-order valence-corrected chi connectivity index (χ3v) is 2.89. The quantitative estimate of drug-likeness (QED) is 0.649. The summed E-state index contributed by atoms with van der Waals surface area (Å²) in [5.41, 5.74) is 1.32. The molecule has 1 aromatic heterocycles. The van der Waals surface area contributed by atoms with Gasteiger partial charge >= 0.3 is 0 Å². The lowest BCUT2D eigenvalue weighted by atomic mass is 10.2. The summed E-state index contributed by atoms with van der Waals surface area (Å²) in [6.07, 6.45) is 1.18. The Bertz CT molecular complexity index is 321. The molecule has 0 saturated carbocycles. The lowest BCUT2D eigenvalue weighted by Crippen LogP contribution is -1.63. The first-order valence-electron chi connectivity index (χ1n) is 4.87. The van der Waals surface area contributed by atoms with Crippen LogP contribution in [0.1, 0.15) is 17.4 Å². The highest BCUT2D eigenvalue weighted by molar-refractivity contribution is 7.09. The van der Waals surface area contributed by atoms with Gasteiger partial charge in [-0.3, -0.25) is 0 Å². The first-order chi connectivity index (χ1) is 6.83. The van der Waals surface area contributed by atoms with Crippen LogP contribution < -0.4 is 0 Å². The van der Waals surface area contributed by atoms with Crippen LogP contribution >= 0.6 is 11.3 Å². The standard InChI is InChI=1S/C7H8.C6H8S/c1-7-5-3-2-4-6-7;1-2-6-4-3-5-7-6/h2-6H,1H3;3-5H,2H2,1H3. The zero-order valence-electron chi connectivity index (χ0n) is 8.73. The molecule has 2 aromatic rings. The predicted molar refractivity (Wildman–Crippen MR) is 64.9 cm³/mol. The fourth-order valence-electron chi connectivity index (χ4n) is 1.05. The molecule has 1 heterocycles. The summed E-state index contributed by atoms with van der Waals surface area (Å²) in [5, 5.41) is 2.11. The van der Waals surface area contributed by atoms with Crippen molar-refractivity contribution in [3.8, 4) is 0 Å². The highest BCUT2D eigenvalue weighted by atomic mass is 32.1. The first-order valence-corrected chi connectivity index (χ1v) is 5.75. The summed E-state index contributed by atoms with van der Waals surface area (Å²) in [6.45, 7) is 4.26. The molecule has 0 N–H and O–H groups in total. The van der Waals surface area contributed by atoms with Gasteiger partial charge in [0.15, 0.2) is 0 Å². The minimum atomic E-state index is 1.18. The van der Waals surface area contributed by atoms with Gasteiger partial charge < -0.3 is 0 Å². The summed E-state index contributed by atoms with van der Waals surface area (Å²) in [4.78, 5) is 1.47. The average Bonchev–Trinajstić information content (AvgIpc) is 2.72. The van der Waals surface area contributed by atoms with E-state index in [1.54, 1.807) is 0 Å². The second kappa shape index (κ2) is 6.39. The van der Waals surface area contributed by atoms with E-state index in [1.165, 1.54) is 16.9 Å². The fourth-order valence-corrected chi connectivity index (χ4v) is 1.70. The maximum Gasteiger partial charge on any atom is 0.00424 e. The molecular formula is C13H16S. The minimum Gasteiger partial charge on any atom is -0.149 e. The van der Waals surface area contributed by atoms with Gasteiger partial charge in [0, 0.05) is 4.88 Å². The first kappa shape index (κ1) is 11.0.